The number of rotatable bonds is 7. The molecule has 0 bridgehead atoms. The first-order valence-corrected chi connectivity index (χ1v) is 12.1. The normalized spacial score (nSPS) is 14.6. The molecule has 1 aliphatic heterocycles. The molecule has 3 rings (SSSR count). The molecule has 29 heavy (non-hydrogen) atoms. The van der Waals surface area contributed by atoms with Crippen LogP contribution in [-0.4, -0.2) is 44.3 Å². The Hall–Kier alpha value is -2.43. The van der Waals surface area contributed by atoms with Crippen molar-refractivity contribution in [1.29, 1.82) is 0 Å². The zero-order valence-corrected chi connectivity index (χ0v) is 18.2. The third kappa shape index (κ3) is 4.29. The number of nitrogens with zero attached hydrogens (tertiary/aromatic N) is 1. The number of ether oxygens (including phenoxy) is 2. The Bertz CT molecular complexity index is 1060. The molecule has 1 amide bonds. The Kier molecular flexibility index (Phi) is 6.25. The number of phenols is 1. The van der Waals surface area contributed by atoms with Gasteiger partial charge in [0.15, 0.2) is 33.8 Å². The topological polar surface area (TPSA) is 93.1 Å². The van der Waals surface area contributed by atoms with Crippen LogP contribution in [0.4, 0.5) is 0 Å². The van der Waals surface area contributed by atoms with Crippen LogP contribution in [0.15, 0.2) is 51.3 Å². The maximum Gasteiger partial charge on any atom is 0.271 e. The standard InChI is InChI=1S/C19H19NO6S3/c1-12-20(16(21)10-26-12)7-6-14-18(22)15(25-2)9-13(19(14)27-3)11-29(23,24)17-5-4-8-28-17/h4-9,22H,1,10-11H2,2-3H3/b7-6+. The van der Waals surface area contributed by atoms with Gasteiger partial charge in [-0.05, 0) is 42.0 Å². The smallest absolute Gasteiger partial charge is 0.271 e. The minimum absolute atomic E-state index is 0.104. The van der Waals surface area contributed by atoms with Gasteiger partial charge in [-0.25, -0.2) is 8.42 Å². The van der Waals surface area contributed by atoms with E-state index < -0.39 is 9.84 Å². The first-order valence-electron chi connectivity index (χ1n) is 8.33. The average Bonchev–Trinajstić information content (AvgIpc) is 3.33. The summed E-state index contributed by atoms with van der Waals surface area (Å²) in [5.74, 6) is -0.371. The SMILES string of the molecule is C=C1OCC(=O)N1/C=C/c1c(O)c(OC)cc(CS(=O)(=O)c2cccs2)c1SC. The minimum atomic E-state index is -3.56. The highest BCUT2D eigenvalue weighted by Gasteiger charge is 2.25. The number of hydrogen-bond donors (Lipinski definition) is 1. The summed E-state index contributed by atoms with van der Waals surface area (Å²) in [5, 5.41) is 12.3. The van der Waals surface area contributed by atoms with Crippen molar-refractivity contribution in [3.05, 3.63) is 53.4 Å². The van der Waals surface area contributed by atoms with Crippen LogP contribution in [0.5, 0.6) is 11.5 Å². The highest BCUT2D eigenvalue weighted by atomic mass is 32.2. The molecular formula is C19H19NO6S3. The van der Waals surface area contributed by atoms with E-state index in [0.717, 1.165) is 11.3 Å². The Morgan fingerprint density at radius 1 is 1.48 bits per heavy atom. The lowest BCUT2D eigenvalue weighted by Gasteiger charge is -2.16. The van der Waals surface area contributed by atoms with E-state index in [4.69, 9.17) is 9.47 Å². The van der Waals surface area contributed by atoms with Gasteiger partial charge >= 0.3 is 0 Å². The Balaban J connectivity index is 2.07. The van der Waals surface area contributed by atoms with Gasteiger partial charge in [0, 0.05) is 16.7 Å². The largest absolute Gasteiger partial charge is 0.504 e. The molecule has 0 saturated carbocycles. The number of amides is 1. The van der Waals surface area contributed by atoms with Crippen LogP contribution in [-0.2, 0) is 25.1 Å². The van der Waals surface area contributed by atoms with Crippen molar-refractivity contribution in [3.63, 3.8) is 0 Å². The second-order valence-corrected chi connectivity index (χ2v) is 9.97. The van der Waals surface area contributed by atoms with Crippen molar-refractivity contribution < 1.29 is 27.8 Å². The van der Waals surface area contributed by atoms with Gasteiger partial charge in [0.25, 0.3) is 5.91 Å². The fourth-order valence-corrected chi connectivity index (χ4v) is 6.13. The summed E-state index contributed by atoms with van der Waals surface area (Å²) in [5.41, 5.74) is 0.837. The summed E-state index contributed by atoms with van der Waals surface area (Å²) in [4.78, 5) is 13.7. The summed E-state index contributed by atoms with van der Waals surface area (Å²) in [7, 11) is -2.17. The number of thiophene rings is 1. The summed E-state index contributed by atoms with van der Waals surface area (Å²) < 4.78 is 36.2. The van der Waals surface area contributed by atoms with Gasteiger partial charge in [-0.1, -0.05) is 6.07 Å². The van der Waals surface area contributed by atoms with Crippen molar-refractivity contribution in [2.45, 2.75) is 14.9 Å². The van der Waals surface area contributed by atoms with Crippen LogP contribution in [0.2, 0.25) is 0 Å². The van der Waals surface area contributed by atoms with Gasteiger partial charge in [-0.2, -0.15) is 0 Å². The average molecular weight is 454 g/mol. The van der Waals surface area contributed by atoms with E-state index in [9.17, 15) is 18.3 Å². The molecule has 0 spiro atoms. The number of sulfone groups is 1. The molecule has 1 fully saturated rings. The molecule has 1 aliphatic rings. The van der Waals surface area contributed by atoms with E-state index in [-0.39, 0.29) is 39.9 Å². The van der Waals surface area contributed by atoms with E-state index in [2.05, 4.69) is 6.58 Å². The van der Waals surface area contributed by atoms with Gasteiger partial charge < -0.3 is 14.6 Å². The van der Waals surface area contributed by atoms with E-state index in [1.807, 2.05) is 0 Å². The molecular weight excluding hydrogens is 434 g/mol. The van der Waals surface area contributed by atoms with Crippen LogP contribution < -0.4 is 4.74 Å². The first kappa shape index (κ1) is 21.3. The summed E-state index contributed by atoms with van der Waals surface area (Å²) in [6.07, 6.45) is 4.73. The summed E-state index contributed by atoms with van der Waals surface area (Å²) in [6.45, 7) is 3.55. The predicted molar refractivity (Wildman–Crippen MR) is 113 cm³/mol. The molecule has 7 nitrogen and oxygen atoms in total. The Morgan fingerprint density at radius 3 is 2.79 bits per heavy atom. The molecule has 0 radical (unpaired) electrons. The second-order valence-electron chi connectivity index (χ2n) is 5.99. The van der Waals surface area contributed by atoms with Crippen LogP contribution in [0.1, 0.15) is 11.1 Å². The van der Waals surface area contributed by atoms with E-state index in [1.54, 1.807) is 23.8 Å². The number of methoxy groups -OCH3 is 1. The van der Waals surface area contributed by atoms with Crippen molar-refractivity contribution in [2.24, 2.45) is 0 Å². The molecule has 0 aliphatic carbocycles. The zero-order valence-electron chi connectivity index (χ0n) is 15.7. The summed E-state index contributed by atoms with van der Waals surface area (Å²) >= 11 is 2.44. The maximum atomic E-state index is 12.8. The lowest BCUT2D eigenvalue weighted by atomic mass is 10.1. The van der Waals surface area contributed by atoms with Gasteiger partial charge in [0.05, 0.1) is 12.9 Å². The van der Waals surface area contributed by atoms with Crippen LogP contribution in [0.25, 0.3) is 6.08 Å². The number of hydrogen-bond acceptors (Lipinski definition) is 8. The third-order valence-electron chi connectivity index (χ3n) is 4.19. The number of carbonyl (C=O) groups is 1. The van der Waals surface area contributed by atoms with Gasteiger partial charge in [0.2, 0.25) is 0 Å². The van der Waals surface area contributed by atoms with Crippen molar-refractivity contribution >= 4 is 44.9 Å². The third-order valence-corrected chi connectivity index (χ3v) is 8.23. The van der Waals surface area contributed by atoms with Crippen LogP contribution in [0, 0.1) is 0 Å². The van der Waals surface area contributed by atoms with E-state index in [1.165, 1.54) is 42.1 Å². The van der Waals surface area contributed by atoms with Gasteiger partial charge in [-0.3, -0.25) is 9.69 Å². The van der Waals surface area contributed by atoms with Crippen molar-refractivity contribution in [1.82, 2.24) is 4.90 Å². The number of phenolic OH excluding ortho intramolecular Hbond substituents is 1. The maximum absolute atomic E-state index is 12.8. The van der Waals surface area contributed by atoms with E-state index in [0.29, 0.717) is 16.0 Å². The van der Waals surface area contributed by atoms with Crippen LogP contribution >= 0.6 is 23.1 Å². The molecule has 1 aromatic heterocycles. The molecule has 0 unspecified atom stereocenters. The van der Waals surface area contributed by atoms with Crippen molar-refractivity contribution in [3.8, 4) is 11.5 Å². The molecule has 1 aromatic carbocycles. The molecule has 2 heterocycles. The molecule has 10 heteroatoms. The molecule has 0 atom stereocenters. The molecule has 1 N–H and O–H groups in total. The number of aromatic hydroxyl groups is 1. The predicted octanol–water partition coefficient (Wildman–Crippen LogP) is 3.46. The first-order chi connectivity index (χ1) is 13.8. The van der Waals surface area contributed by atoms with Gasteiger partial charge in [0.1, 0.15) is 4.21 Å². The van der Waals surface area contributed by atoms with E-state index >= 15 is 0 Å². The highest BCUT2D eigenvalue weighted by molar-refractivity contribution is 7.98. The Morgan fingerprint density at radius 2 is 2.24 bits per heavy atom. The van der Waals surface area contributed by atoms with Crippen molar-refractivity contribution in [2.75, 3.05) is 20.0 Å². The Labute approximate surface area is 177 Å². The number of benzene rings is 1. The molecule has 2 aromatic rings. The fraction of sp³-hybridized carbons (Fsp3) is 0.211. The highest BCUT2D eigenvalue weighted by Crippen LogP contribution is 2.41. The number of thioether (sulfide) groups is 1. The lowest BCUT2D eigenvalue weighted by Crippen LogP contribution is -2.17. The quantitative estimate of drug-likeness (QED) is 0.642. The monoisotopic (exact) mass is 453 g/mol. The number of carbonyl (C=O) groups excluding carboxylic acids is 1. The van der Waals surface area contributed by atoms with Gasteiger partial charge in [-0.15, -0.1) is 23.1 Å². The van der Waals surface area contributed by atoms with Crippen LogP contribution in [0.3, 0.4) is 0 Å². The fourth-order valence-electron chi connectivity index (χ4n) is 2.82. The summed E-state index contributed by atoms with van der Waals surface area (Å²) in [6, 6.07) is 4.76. The molecule has 1 saturated heterocycles. The second kappa shape index (κ2) is 8.52. The lowest BCUT2D eigenvalue weighted by molar-refractivity contribution is -0.124. The molecule has 154 valence electrons. The zero-order chi connectivity index (χ0) is 21.2. The minimum Gasteiger partial charge on any atom is -0.504 e.